The highest BCUT2D eigenvalue weighted by Gasteiger charge is 2.17. The molecule has 5 nitrogen and oxygen atoms in total. The Morgan fingerprint density at radius 2 is 2.00 bits per heavy atom. The molecule has 1 N–H and O–H groups in total. The number of nitrogens with one attached hydrogen (secondary N) is 1. The van der Waals surface area contributed by atoms with Crippen molar-refractivity contribution >= 4 is 34.2 Å². The standard InChI is InChI=1S/C19H18ClN3O2/c1-3-10-23-11-14(17(24)13-9-8-12(2)21-18(13)23)19(25)22-16-7-5-4-6-15(16)20/h4-9,11H,3,10H2,1-2H3,(H,22,25). The number of aryl methyl sites for hydroxylation is 2. The van der Waals surface area contributed by atoms with Gasteiger partial charge in [0.2, 0.25) is 5.43 Å². The molecule has 0 spiro atoms. The van der Waals surface area contributed by atoms with Crippen LogP contribution in [0.1, 0.15) is 29.4 Å². The smallest absolute Gasteiger partial charge is 0.261 e. The molecule has 3 rings (SSSR count). The maximum absolute atomic E-state index is 12.8. The molecule has 0 aliphatic rings. The van der Waals surface area contributed by atoms with Crippen LogP contribution < -0.4 is 10.7 Å². The van der Waals surface area contributed by atoms with Gasteiger partial charge in [-0.1, -0.05) is 30.7 Å². The summed E-state index contributed by atoms with van der Waals surface area (Å²) in [6.45, 7) is 4.57. The topological polar surface area (TPSA) is 64.0 Å². The highest BCUT2D eigenvalue weighted by atomic mass is 35.5. The van der Waals surface area contributed by atoms with E-state index in [9.17, 15) is 9.59 Å². The zero-order chi connectivity index (χ0) is 18.0. The molecule has 2 aromatic heterocycles. The van der Waals surface area contributed by atoms with Crippen LogP contribution in [0, 0.1) is 6.92 Å². The molecule has 0 atom stereocenters. The molecule has 6 heteroatoms. The lowest BCUT2D eigenvalue weighted by Crippen LogP contribution is -2.24. The van der Waals surface area contributed by atoms with Gasteiger partial charge in [-0.2, -0.15) is 0 Å². The number of benzene rings is 1. The van der Waals surface area contributed by atoms with E-state index in [1.807, 2.05) is 18.4 Å². The van der Waals surface area contributed by atoms with Gasteiger partial charge in [-0.25, -0.2) is 4.98 Å². The average molecular weight is 356 g/mol. The fourth-order valence-corrected chi connectivity index (χ4v) is 2.87. The van der Waals surface area contributed by atoms with Crippen LogP contribution in [0.3, 0.4) is 0 Å². The second kappa shape index (κ2) is 7.07. The lowest BCUT2D eigenvalue weighted by molar-refractivity contribution is 0.102. The first-order valence-electron chi connectivity index (χ1n) is 8.08. The largest absolute Gasteiger partial charge is 0.331 e. The van der Waals surface area contributed by atoms with E-state index in [0.29, 0.717) is 28.3 Å². The molecule has 0 bridgehead atoms. The molecule has 0 aliphatic heterocycles. The third-order valence-corrected chi connectivity index (χ3v) is 4.22. The first-order chi connectivity index (χ1) is 12.0. The van der Waals surface area contributed by atoms with E-state index in [2.05, 4.69) is 10.3 Å². The molecule has 0 unspecified atom stereocenters. The van der Waals surface area contributed by atoms with Crippen molar-refractivity contribution in [3.05, 3.63) is 69.1 Å². The summed E-state index contributed by atoms with van der Waals surface area (Å²) >= 11 is 6.08. The van der Waals surface area contributed by atoms with E-state index < -0.39 is 5.91 Å². The lowest BCUT2D eigenvalue weighted by atomic mass is 10.1. The number of hydrogen-bond acceptors (Lipinski definition) is 3. The number of aromatic nitrogens is 2. The number of pyridine rings is 2. The zero-order valence-corrected chi connectivity index (χ0v) is 14.8. The highest BCUT2D eigenvalue weighted by molar-refractivity contribution is 6.33. The average Bonchev–Trinajstić information content (AvgIpc) is 2.59. The quantitative estimate of drug-likeness (QED) is 0.768. The minimum atomic E-state index is -0.481. The van der Waals surface area contributed by atoms with Crippen LogP contribution in [0.5, 0.6) is 0 Å². The van der Waals surface area contributed by atoms with Crippen LogP contribution in [0.25, 0.3) is 11.0 Å². The Kier molecular flexibility index (Phi) is 4.86. The maximum Gasteiger partial charge on any atom is 0.261 e. The molecular formula is C19H18ClN3O2. The second-order valence-corrected chi connectivity index (χ2v) is 6.23. The van der Waals surface area contributed by atoms with Gasteiger partial charge in [-0.3, -0.25) is 9.59 Å². The van der Waals surface area contributed by atoms with Crippen LogP contribution >= 0.6 is 11.6 Å². The third-order valence-electron chi connectivity index (χ3n) is 3.89. The number of amides is 1. The van der Waals surface area contributed by atoms with Gasteiger partial charge in [0.15, 0.2) is 0 Å². The summed E-state index contributed by atoms with van der Waals surface area (Å²) in [5, 5.41) is 3.56. The van der Waals surface area contributed by atoms with Crippen LogP contribution in [0.4, 0.5) is 5.69 Å². The molecule has 0 saturated heterocycles. The predicted molar refractivity (Wildman–Crippen MR) is 100 cm³/mol. The van der Waals surface area contributed by atoms with Crippen molar-refractivity contribution in [2.45, 2.75) is 26.8 Å². The number of halogens is 1. The van der Waals surface area contributed by atoms with Crippen molar-refractivity contribution in [2.24, 2.45) is 0 Å². The van der Waals surface area contributed by atoms with Gasteiger partial charge in [0.1, 0.15) is 11.2 Å². The van der Waals surface area contributed by atoms with E-state index >= 15 is 0 Å². The summed E-state index contributed by atoms with van der Waals surface area (Å²) < 4.78 is 1.85. The lowest BCUT2D eigenvalue weighted by Gasteiger charge is -2.13. The van der Waals surface area contributed by atoms with Gasteiger partial charge in [0, 0.05) is 18.4 Å². The number of anilines is 1. The third kappa shape index (κ3) is 3.42. The molecule has 1 aromatic carbocycles. The molecule has 0 radical (unpaired) electrons. The first-order valence-corrected chi connectivity index (χ1v) is 8.45. The number of hydrogen-bond donors (Lipinski definition) is 1. The molecule has 2 heterocycles. The molecule has 0 saturated carbocycles. The van der Waals surface area contributed by atoms with Gasteiger partial charge >= 0.3 is 0 Å². The Bertz CT molecular complexity index is 1010. The van der Waals surface area contributed by atoms with Crippen LogP contribution in [-0.4, -0.2) is 15.5 Å². The molecule has 128 valence electrons. The second-order valence-electron chi connectivity index (χ2n) is 5.82. The number of carbonyl (C=O) groups is 1. The summed E-state index contributed by atoms with van der Waals surface area (Å²) in [5.74, 6) is -0.481. The predicted octanol–water partition coefficient (Wildman–Crippen LogP) is 4.02. The van der Waals surface area contributed by atoms with E-state index in [-0.39, 0.29) is 11.0 Å². The van der Waals surface area contributed by atoms with Crippen molar-refractivity contribution in [2.75, 3.05) is 5.32 Å². The van der Waals surface area contributed by atoms with Crippen molar-refractivity contribution < 1.29 is 4.79 Å². The van der Waals surface area contributed by atoms with Crippen molar-refractivity contribution in [3.63, 3.8) is 0 Å². The zero-order valence-electron chi connectivity index (χ0n) is 14.0. The molecule has 25 heavy (non-hydrogen) atoms. The summed E-state index contributed by atoms with van der Waals surface area (Å²) in [5.41, 5.74) is 1.63. The number of carbonyl (C=O) groups excluding carboxylic acids is 1. The maximum atomic E-state index is 12.8. The Labute approximate surface area is 150 Å². The number of nitrogens with zero attached hydrogens (tertiary/aromatic N) is 2. The van der Waals surface area contributed by atoms with Crippen LogP contribution in [0.2, 0.25) is 5.02 Å². The molecule has 3 aromatic rings. The Morgan fingerprint density at radius 1 is 1.24 bits per heavy atom. The van der Waals surface area contributed by atoms with E-state index in [1.165, 1.54) is 0 Å². The Morgan fingerprint density at radius 3 is 2.72 bits per heavy atom. The van der Waals surface area contributed by atoms with Gasteiger partial charge < -0.3 is 9.88 Å². The minimum Gasteiger partial charge on any atom is -0.331 e. The van der Waals surface area contributed by atoms with Gasteiger partial charge in [0.05, 0.1) is 16.1 Å². The highest BCUT2D eigenvalue weighted by Crippen LogP contribution is 2.21. The van der Waals surface area contributed by atoms with Crippen molar-refractivity contribution in [1.82, 2.24) is 9.55 Å². The van der Waals surface area contributed by atoms with Crippen LogP contribution in [0.15, 0.2) is 47.4 Å². The van der Waals surface area contributed by atoms with Crippen LogP contribution in [-0.2, 0) is 6.54 Å². The minimum absolute atomic E-state index is 0.0755. The summed E-state index contributed by atoms with van der Waals surface area (Å²) in [4.78, 5) is 29.9. The van der Waals surface area contributed by atoms with E-state index in [1.54, 1.807) is 42.6 Å². The number of fused-ring (bicyclic) bond motifs is 1. The molecule has 0 aliphatic carbocycles. The molecule has 0 fully saturated rings. The fourth-order valence-electron chi connectivity index (χ4n) is 2.69. The van der Waals surface area contributed by atoms with Crippen molar-refractivity contribution in [3.8, 4) is 0 Å². The SMILES string of the molecule is CCCn1cc(C(=O)Nc2ccccc2Cl)c(=O)c2ccc(C)nc21. The van der Waals surface area contributed by atoms with E-state index in [0.717, 1.165) is 12.1 Å². The normalized spacial score (nSPS) is 10.8. The molecular weight excluding hydrogens is 338 g/mol. The van der Waals surface area contributed by atoms with E-state index in [4.69, 9.17) is 11.6 Å². The number of rotatable bonds is 4. The monoisotopic (exact) mass is 355 g/mol. The number of para-hydroxylation sites is 1. The fraction of sp³-hybridized carbons (Fsp3) is 0.211. The summed E-state index contributed by atoms with van der Waals surface area (Å²) in [7, 11) is 0. The first kappa shape index (κ1) is 17.2. The summed E-state index contributed by atoms with van der Waals surface area (Å²) in [6.07, 6.45) is 2.44. The Balaban J connectivity index is 2.11. The van der Waals surface area contributed by atoms with Gasteiger partial charge in [-0.15, -0.1) is 0 Å². The Hall–Kier alpha value is -2.66. The summed E-state index contributed by atoms with van der Waals surface area (Å²) in [6, 6.07) is 10.4. The van der Waals surface area contributed by atoms with Crippen molar-refractivity contribution in [1.29, 1.82) is 0 Å². The molecule has 1 amide bonds. The van der Waals surface area contributed by atoms with Gasteiger partial charge in [0.25, 0.3) is 5.91 Å². The van der Waals surface area contributed by atoms with Gasteiger partial charge in [-0.05, 0) is 37.6 Å².